The largest absolute Gasteiger partial charge is 0.490 e. The van der Waals surface area contributed by atoms with Gasteiger partial charge in [0, 0.05) is 19.6 Å². The van der Waals surface area contributed by atoms with Crippen LogP contribution in [-0.2, 0) is 0 Å². The van der Waals surface area contributed by atoms with E-state index in [2.05, 4.69) is 4.90 Å². The highest BCUT2D eigenvalue weighted by Crippen LogP contribution is 2.23. The summed E-state index contributed by atoms with van der Waals surface area (Å²) in [5.41, 5.74) is 1.01. The SMILES string of the molecule is O=C1c2ccccc2C(=O)N1CCCN1CCC(Oc2ccc(F)cc2)CC1. The molecule has 0 aromatic heterocycles. The van der Waals surface area contributed by atoms with Crippen LogP contribution in [0.25, 0.3) is 0 Å². The van der Waals surface area contributed by atoms with Crippen LogP contribution in [0.3, 0.4) is 0 Å². The minimum Gasteiger partial charge on any atom is -0.490 e. The third-order valence-corrected chi connectivity index (χ3v) is 5.39. The third-order valence-electron chi connectivity index (χ3n) is 5.39. The van der Waals surface area contributed by atoms with Gasteiger partial charge >= 0.3 is 0 Å². The summed E-state index contributed by atoms with van der Waals surface area (Å²) in [4.78, 5) is 28.4. The first-order chi connectivity index (χ1) is 13.6. The Balaban J connectivity index is 1.21. The summed E-state index contributed by atoms with van der Waals surface area (Å²) in [6.07, 6.45) is 2.71. The predicted octanol–water partition coefficient (Wildman–Crippen LogP) is 3.36. The highest BCUT2D eigenvalue weighted by molar-refractivity contribution is 6.21. The number of nitrogens with zero attached hydrogens (tertiary/aromatic N) is 2. The molecular formula is C22H23FN2O3. The van der Waals surface area contributed by atoms with Crippen molar-refractivity contribution in [2.24, 2.45) is 0 Å². The van der Waals surface area contributed by atoms with Crippen LogP contribution >= 0.6 is 0 Å². The summed E-state index contributed by atoms with van der Waals surface area (Å²) >= 11 is 0. The second kappa shape index (κ2) is 8.10. The van der Waals surface area contributed by atoms with E-state index in [4.69, 9.17) is 4.74 Å². The lowest BCUT2D eigenvalue weighted by Crippen LogP contribution is -2.40. The van der Waals surface area contributed by atoms with Gasteiger partial charge in [-0.25, -0.2) is 4.39 Å². The van der Waals surface area contributed by atoms with Gasteiger partial charge in [-0.1, -0.05) is 12.1 Å². The predicted molar refractivity (Wildman–Crippen MR) is 103 cm³/mol. The second-order valence-corrected chi connectivity index (χ2v) is 7.27. The molecule has 5 nitrogen and oxygen atoms in total. The zero-order chi connectivity index (χ0) is 19.5. The molecule has 2 amide bonds. The first-order valence-corrected chi connectivity index (χ1v) is 9.71. The average molecular weight is 382 g/mol. The van der Waals surface area contributed by atoms with Gasteiger partial charge in [-0.2, -0.15) is 0 Å². The van der Waals surface area contributed by atoms with Crippen LogP contribution in [0.5, 0.6) is 5.75 Å². The lowest BCUT2D eigenvalue weighted by atomic mass is 10.1. The van der Waals surface area contributed by atoms with E-state index in [-0.39, 0.29) is 23.7 Å². The first kappa shape index (κ1) is 18.6. The number of amides is 2. The topological polar surface area (TPSA) is 49.9 Å². The number of imide groups is 1. The van der Waals surface area contributed by atoms with E-state index in [0.717, 1.165) is 38.9 Å². The van der Waals surface area contributed by atoms with Crippen molar-refractivity contribution in [1.29, 1.82) is 0 Å². The van der Waals surface area contributed by atoms with E-state index in [1.807, 2.05) is 0 Å². The van der Waals surface area contributed by atoms with Crippen molar-refractivity contribution < 1.29 is 18.7 Å². The second-order valence-electron chi connectivity index (χ2n) is 7.27. The Hall–Kier alpha value is -2.73. The molecule has 0 aliphatic carbocycles. The van der Waals surface area contributed by atoms with Crippen molar-refractivity contribution in [3.8, 4) is 5.75 Å². The van der Waals surface area contributed by atoms with Crippen molar-refractivity contribution in [1.82, 2.24) is 9.80 Å². The van der Waals surface area contributed by atoms with Crippen molar-refractivity contribution in [2.75, 3.05) is 26.2 Å². The van der Waals surface area contributed by atoms with Gasteiger partial charge in [0.1, 0.15) is 17.7 Å². The van der Waals surface area contributed by atoms with Crippen LogP contribution in [-0.4, -0.2) is 53.9 Å². The van der Waals surface area contributed by atoms with Crippen LogP contribution < -0.4 is 4.74 Å². The molecule has 2 aromatic carbocycles. The Morgan fingerprint density at radius 1 is 0.893 bits per heavy atom. The first-order valence-electron chi connectivity index (χ1n) is 9.71. The number of hydrogen-bond donors (Lipinski definition) is 0. The number of hydrogen-bond acceptors (Lipinski definition) is 4. The molecule has 2 aliphatic rings. The van der Waals surface area contributed by atoms with Gasteiger partial charge in [0.15, 0.2) is 0 Å². The minimum absolute atomic E-state index is 0.137. The molecule has 0 saturated carbocycles. The Kier molecular flexibility index (Phi) is 5.39. The Morgan fingerprint density at radius 2 is 1.50 bits per heavy atom. The molecule has 0 N–H and O–H groups in total. The van der Waals surface area contributed by atoms with Gasteiger partial charge in [0.2, 0.25) is 0 Å². The van der Waals surface area contributed by atoms with Gasteiger partial charge < -0.3 is 9.64 Å². The van der Waals surface area contributed by atoms with E-state index in [1.54, 1.807) is 36.4 Å². The Bertz CT molecular complexity index is 825. The highest BCUT2D eigenvalue weighted by atomic mass is 19.1. The number of carbonyl (C=O) groups is 2. The molecule has 2 aliphatic heterocycles. The number of fused-ring (bicyclic) bond motifs is 1. The fourth-order valence-electron chi connectivity index (χ4n) is 3.85. The molecule has 6 heteroatoms. The highest BCUT2D eigenvalue weighted by Gasteiger charge is 2.34. The van der Waals surface area contributed by atoms with Crippen LogP contribution in [0.15, 0.2) is 48.5 Å². The van der Waals surface area contributed by atoms with Crippen LogP contribution in [0.1, 0.15) is 40.0 Å². The summed E-state index contributed by atoms with van der Waals surface area (Å²) in [7, 11) is 0. The summed E-state index contributed by atoms with van der Waals surface area (Å²) in [5, 5.41) is 0. The summed E-state index contributed by atoms with van der Waals surface area (Å²) < 4.78 is 18.9. The molecule has 1 fully saturated rings. The summed E-state index contributed by atoms with van der Waals surface area (Å²) in [5.74, 6) is 0.0599. The normalized spacial score (nSPS) is 17.8. The van der Waals surface area contributed by atoms with Crippen LogP contribution in [0.4, 0.5) is 4.39 Å². The summed E-state index contributed by atoms with van der Waals surface area (Å²) in [6, 6.07) is 13.1. The zero-order valence-electron chi connectivity index (χ0n) is 15.6. The Morgan fingerprint density at radius 3 is 2.11 bits per heavy atom. The molecular weight excluding hydrogens is 359 g/mol. The van der Waals surface area contributed by atoms with Gasteiger partial charge in [-0.3, -0.25) is 14.5 Å². The van der Waals surface area contributed by atoms with Crippen molar-refractivity contribution >= 4 is 11.8 Å². The number of halogens is 1. The monoisotopic (exact) mass is 382 g/mol. The van der Waals surface area contributed by atoms with Crippen LogP contribution in [0.2, 0.25) is 0 Å². The molecule has 0 spiro atoms. The average Bonchev–Trinajstić information content (AvgIpc) is 2.96. The molecule has 28 heavy (non-hydrogen) atoms. The van der Waals surface area contributed by atoms with Gasteiger partial charge in [-0.05, 0) is 62.2 Å². The number of benzene rings is 2. The zero-order valence-corrected chi connectivity index (χ0v) is 15.6. The standard InChI is InChI=1S/C22H23FN2O3/c23-16-6-8-17(9-7-16)28-18-10-14-24(15-11-18)12-3-13-25-21(26)19-4-1-2-5-20(19)22(25)27/h1-2,4-9,18H,3,10-15H2. The fraction of sp³-hybridized carbons (Fsp3) is 0.364. The van der Waals surface area contributed by atoms with Crippen molar-refractivity contribution in [3.05, 3.63) is 65.5 Å². The molecule has 2 aromatic rings. The minimum atomic E-state index is -0.264. The number of likely N-dealkylation sites (tertiary alicyclic amines) is 1. The molecule has 2 heterocycles. The van der Waals surface area contributed by atoms with E-state index < -0.39 is 0 Å². The molecule has 146 valence electrons. The number of carbonyl (C=O) groups excluding carboxylic acids is 2. The molecule has 0 bridgehead atoms. The molecule has 0 atom stereocenters. The lowest BCUT2D eigenvalue weighted by molar-refractivity contribution is 0.0638. The van der Waals surface area contributed by atoms with E-state index in [9.17, 15) is 14.0 Å². The van der Waals surface area contributed by atoms with Crippen molar-refractivity contribution in [2.45, 2.75) is 25.4 Å². The maximum Gasteiger partial charge on any atom is 0.261 e. The van der Waals surface area contributed by atoms with E-state index in [1.165, 1.54) is 17.0 Å². The lowest BCUT2D eigenvalue weighted by Gasteiger charge is -2.32. The van der Waals surface area contributed by atoms with Crippen molar-refractivity contribution in [3.63, 3.8) is 0 Å². The van der Waals surface area contributed by atoms with Crippen LogP contribution in [0, 0.1) is 5.82 Å². The Labute approximate surface area is 163 Å². The quantitative estimate of drug-likeness (QED) is 0.719. The smallest absolute Gasteiger partial charge is 0.261 e. The van der Waals surface area contributed by atoms with Gasteiger partial charge in [0.25, 0.3) is 11.8 Å². The maximum absolute atomic E-state index is 13.0. The molecule has 1 saturated heterocycles. The number of ether oxygens (including phenoxy) is 1. The van der Waals surface area contributed by atoms with Gasteiger partial charge in [-0.15, -0.1) is 0 Å². The molecule has 0 radical (unpaired) electrons. The fourth-order valence-corrected chi connectivity index (χ4v) is 3.85. The molecule has 4 rings (SSSR count). The maximum atomic E-state index is 13.0. The third kappa shape index (κ3) is 3.92. The van der Waals surface area contributed by atoms with E-state index >= 15 is 0 Å². The summed E-state index contributed by atoms with van der Waals surface area (Å²) in [6.45, 7) is 3.11. The molecule has 0 unspecified atom stereocenters. The number of piperidine rings is 1. The van der Waals surface area contributed by atoms with E-state index in [0.29, 0.717) is 23.4 Å². The van der Waals surface area contributed by atoms with Gasteiger partial charge in [0.05, 0.1) is 11.1 Å². The number of rotatable bonds is 6.